The van der Waals surface area contributed by atoms with Crippen LogP contribution in [0.4, 0.5) is 0 Å². The topological polar surface area (TPSA) is 145 Å². The number of rotatable bonds is 8. The van der Waals surface area contributed by atoms with Crippen molar-refractivity contribution in [3.8, 4) is 17.3 Å². The second-order valence-electron chi connectivity index (χ2n) is 5.77. The van der Waals surface area contributed by atoms with Crippen LogP contribution < -0.4 is 15.2 Å². The minimum absolute atomic E-state index is 0.0694. The first-order valence-corrected chi connectivity index (χ1v) is 9.59. The summed E-state index contributed by atoms with van der Waals surface area (Å²) in [5, 5.41) is 10.2. The van der Waals surface area contributed by atoms with Crippen LogP contribution in [-0.2, 0) is 10.0 Å². The van der Waals surface area contributed by atoms with Gasteiger partial charge in [-0.15, -0.1) is 0 Å². The maximum absolute atomic E-state index is 12.5. The smallest absolute Gasteiger partial charge is 0.252 e. The summed E-state index contributed by atoms with van der Waals surface area (Å²) in [4.78, 5) is 11.3. The Morgan fingerprint density at radius 1 is 1.25 bits per heavy atom. The van der Waals surface area contributed by atoms with Crippen LogP contribution in [0.5, 0.6) is 5.75 Å². The summed E-state index contributed by atoms with van der Waals surface area (Å²) < 4.78 is 42.9. The van der Waals surface area contributed by atoms with Crippen LogP contribution in [0.2, 0.25) is 0 Å². The van der Waals surface area contributed by atoms with Crippen molar-refractivity contribution < 1.29 is 31.9 Å². The van der Waals surface area contributed by atoms with Gasteiger partial charge >= 0.3 is 0 Å². The molecule has 0 aliphatic rings. The number of sulfonamides is 1. The summed E-state index contributed by atoms with van der Waals surface area (Å²) in [6.07, 6.45) is 0.254. The largest absolute Gasteiger partial charge is 0.496 e. The fraction of sp³-hybridized carbons (Fsp3) is 0.167. The predicted octanol–water partition coefficient (Wildman–Crippen LogP) is 1.66. The SMILES string of the molecule is COc1ccc(S(=O)(=O)NCC(O)c2ccc(-c3ccco3)o2)cc1C(N)=O. The zero-order chi connectivity index (χ0) is 20.3. The second-order valence-corrected chi connectivity index (χ2v) is 7.54. The van der Waals surface area contributed by atoms with Gasteiger partial charge in [0.15, 0.2) is 11.5 Å². The lowest BCUT2D eigenvalue weighted by Crippen LogP contribution is -2.28. The molecule has 3 rings (SSSR count). The predicted molar refractivity (Wildman–Crippen MR) is 98.1 cm³/mol. The van der Waals surface area contributed by atoms with Crippen LogP contribution in [0.3, 0.4) is 0 Å². The molecular weight excluding hydrogens is 388 g/mol. The molecule has 10 heteroatoms. The number of methoxy groups -OCH3 is 1. The van der Waals surface area contributed by atoms with Gasteiger partial charge in [-0.2, -0.15) is 0 Å². The third kappa shape index (κ3) is 4.09. The van der Waals surface area contributed by atoms with Crippen LogP contribution in [0.15, 0.2) is 62.5 Å². The van der Waals surface area contributed by atoms with Gasteiger partial charge in [0, 0.05) is 6.54 Å². The molecule has 0 aliphatic heterocycles. The molecule has 0 spiro atoms. The Bertz CT molecular complexity index is 1070. The first-order chi connectivity index (χ1) is 13.3. The van der Waals surface area contributed by atoms with Gasteiger partial charge < -0.3 is 24.4 Å². The molecule has 0 saturated carbocycles. The van der Waals surface area contributed by atoms with E-state index >= 15 is 0 Å². The fourth-order valence-corrected chi connectivity index (χ4v) is 3.57. The summed E-state index contributed by atoms with van der Waals surface area (Å²) in [7, 11) is -2.68. The maximum atomic E-state index is 12.5. The van der Waals surface area contributed by atoms with E-state index in [1.54, 1.807) is 18.2 Å². The number of carbonyl (C=O) groups excluding carboxylic acids is 1. The molecule has 9 nitrogen and oxygen atoms in total. The molecule has 0 aliphatic carbocycles. The van der Waals surface area contributed by atoms with Crippen LogP contribution in [0.1, 0.15) is 22.2 Å². The maximum Gasteiger partial charge on any atom is 0.252 e. The normalized spacial score (nSPS) is 12.6. The van der Waals surface area contributed by atoms with Crippen LogP contribution >= 0.6 is 0 Å². The number of aliphatic hydroxyl groups excluding tert-OH is 1. The standard InChI is InChI=1S/C18H18N2O7S/c1-25-14-5-4-11(9-12(14)18(19)22)28(23,24)20-10-13(21)15-6-7-17(27-15)16-3-2-8-26-16/h2-9,13,20-21H,10H2,1H3,(H2,19,22). The van der Waals surface area contributed by atoms with Crippen LogP contribution in [0.25, 0.3) is 11.5 Å². The number of hydrogen-bond donors (Lipinski definition) is 3. The van der Waals surface area contributed by atoms with Gasteiger partial charge in [0.05, 0.1) is 23.8 Å². The third-order valence-corrected chi connectivity index (χ3v) is 5.35. The number of furan rings is 2. The van der Waals surface area contributed by atoms with E-state index in [0.29, 0.717) is 11.5 Å². The van der Waals surface area contributed by atoms with E-state index in [0.717, 1.165) is 6.07 Å². The molecule has 0 radical (unpaired) electrons. The van der Waals surface area contributed by atoms with Gasteiger partial charge in [-0.3, -0.25) is 4.79 Å². The van der Waals surface area contributed by atoms with Crippen molar-refractivity contribution in [2.75, 3.05) is 13.7 Å². The van der Waals surface area contributed by atoms with E-state index in [4.69, 9.17) is 19.3 Å². The first-order valence-electron chi connectivity index (χ1n) is 8.11. The monoisotopic (exact) mass is 406 g/mol. The number of hydrogen-bond acceptors (Lipinski definition) is 7. The zero-order valence-corrected chi connectivity index (χ0v) is 15.6. The average molecular weight is 406 g/mol. The first kappa shape index (κ1) is 19.7. The van der Waals surface area contributed by atoms with Crippen LogP contribution in [0, 0.1) is 0 Å². The van der Waals surface area contributed by atoms with Crippen molar-refractivity contribution in [3.63, 3.8) is 0 Å². The quantitative estimate of drug-likeness (QED) is 0.516. The van der Waals surface area contributed by atoms with Crippen molar-refractivity contribution >= 4 is 15.9 Å². The van der Waals surface area contributed by atoms with Gasteiger partial charge in [0.1, 0.15) is 17.6 Å². The molecule has 2 heterocycles. The summed E-state index contributed by atoms with van der Waals surface area (Å²) in [5.41, 5.74) is 5.18. The number of benzene rings is 1. The molecule has 1 aromatic carbocycles. The van der Waals surface area contributed by atoms with E-state index in [1.807, 2.05) is 0 Å². The van der Waals surface area contributed by atoms with E-state index < -0.39 is 22.0 Å². The Morgan fingerprint density at radius 2 is 2.04 bits per heavy atom. The summed E-state index contributed by atoms with van der Waals surface area (Å²) in [5.74, 6) is 0.392. The summed E-state index contributed by atoms with van der Waals surface area (Å²) >= 11 is 0. The van der Waals surface area contributed by atoms with E-state index in [2.05, 4.69) is 4.72 Å². The van der Waals surface area contributed by atoms with Crippen molar-refractivity contribution in [1.29, 1.82) is 0 Å². The average Bonchev–Trinajstić information content (AvgIpc) is 3.36. The number of aliphatic hydroxyl groups is 1. The minimum atomic E-state index is -4.01. The van der Waals surface area contributed by atoms with E-state index in [-0.39, 0.29) is 28.5 Å². The van der Waals surface area contributed by atoms with Crippen molar-refractivity contribution in [1.82, 2.24) is 4.72 Å². The molecule has 28 heavy (non-hydrogen) atoms. The van der Waals surface area contributed by atoms with Crippen molar-refractivity contribution in [3.05, 3.63) is 60.1 Å². The highest BCUT2D eigenvalue weighted by Crippen LogP contribution is 2.26. The molecule has 1 amide bonds. The second kappa shape index (κ2) is 7.89. The molecular formula is C18H18N2O7S. The lowest BCUT2D eigenvalue weighted by Gasteiger charge is -2.12. The van der Waals surface area contributed by atoms with E-state index in [9.17, 15) is 18.3 Å². The van der Waals surface area contributed by atoms with Gasteiger partial charge in [0.25, 0.3) is 5.91 Å². The molecule has 0 saturated heterocycles. The van der Waals surface area contributed by atoms with Gasteiger partial charge in [-0.25, -0.2) is 13.1 Å². The van der Waals surface area contributed by atoms with Gasteiger partial charge in [-0.05, 0) is 42.5 Å². The van der Waals surface area contributed by atoms with Crippen LogP contribution in [-0.4, -0.2) is 33.1 Å². The molecule has 1 unspecified atom stereocenters. The molecule has 4 N–H and O–H groups in total. The number of carbonyl (C=O) groups is 1. The highest BCUT2D eigenvalue weighted by molar-refractivity contribution is 7.89. The Morgan fingerprint density at radius 3 is 2.68 bits per heavy atom. The molecule has 148 valence electrons. The Balaban J connectivity index is 1.73. The van der Waals surface area contributed by atoms with Crippen molar-refractivity contribution in [2.45, 2.75) is 11.0 Å². The van der Waals surface area contributed by atoms with Crippen molar-refractivity contribution in [2.24, 2.45) is 5.73 Å². The lowest BCUT2D eigenvalue weighted by atomic mass is 10.2. The number of nitrogens with two attached hydrogens (primary N) is 1. The highest BCUT2D eigenvalue weighted by atomic mass is 32.2. The Hall–Kier alpha value is -3.08. The third-order valence-electron chi connectivity index (χ3n) is 3.93. The molecule has 0 fully saturated rings. The lowest BCUT2D eigenvalue weighted by molar-refractivity contribution is 0.0997. The molecule has 1 atom stereocenters. The molecule has 2 aromatic heterocycles. The Labute approximate surface area is 160 Å². The van der Waals surface area contributed by atoms with Gasteiger partial charge in [-0.1, -0.05) is 0 Å². The number of nitrogens with one attached hydrogen (secondary N) is 1. The molecule has 3 aromatic rings. The molecule has 0 bridgehead atoms. The highest BCUT2D eigenvalue weighted by Gasteiger charge is 2.21. The zero-order valence-electron chi connectivity index (χ0n) is 14.8. The summed E-state index contributed by atoms with van der Waals surface area (Å²) in [6, 6.07) is 10.2. The number of primary amides is 1. The fourth-order valence-electron chi connectivity index (χ4n) is 2.50. The minimum Gasteiger partial charge on any atom is -0.496 e. The Kier molecular flexibility index (Phi) is 5.54. The van der Waals surface area contributed by atoms with E-state index in [1.165, 1.54) is 31.6 Å². The summed E-state index contributed by atoms with van der Waals surface area (Å²) in [6.45, 7) is -0.342. The number of ether oxygens (including phenoxy) is 1. The van der Waals surface area contributed by atoms with Gasteiger partial charge in [0.2, 0.25) is 10.0 Å². The number of amides is 1.